The Kier molecular flexibility index (Phi) is 5.28. The number of carboxylic acid groups (broad SMARTS) is 1. The third kappa shape index (κ3) is 3.81. The summed E-state index contributed by atoms with van der Waals surface area (Å²) in [6, 6.07) is 11.7. The minimum Gasteiger partial charge on any atom is -0.480 e. The van der Waals surface area contributed by atoms with Crippen LogP contribution in [0, 0.1) is 0 Å². The van der Waals surface area contributed by atoms with Crippen LogP contribution < -0.4 is 10.1 Å². The van der Waals surface area contributed by atoms with Gasteiger partial charge < -0.3 is 29.5 Å². The molecule has 1 atom stereocenters. The molecule has 3 aliphatic rings. The molecule has 0 bridgehead atoms. The Morgan fingerprint density at radius 3 is 2.62 bits per heavy atom. The van der Waals surface area contributed by atoms with Crippen LogP contribution in [0.3, 0.4) is 0 Å². The zero-order valence-electron chi connectivity index (χ0n) is 16.9. The first-order valence-corrected chi connectivity index (χ1v) is 10.9. The van der Waals surface area contributed by atoms with E-state index in [0.717, 1.165) is 15.5 Å². The van der Waals surface area contributed by atoms with Gasteiger partial charge in [-0.15, -0.1) is 0 Å². The first kappa shape index (κ1) is 20.8. The lowest BCUT2D eigenvalue weighted by Gasteiger charge is -2.23. The monoisotopic (exact) mass is 456 g/mol. The number of likely N-dealkylation sites (tertiary alicyclic amines) is 1. The van der Waals surface area contributed by atoms with Crippen molar-refractivity contribution in [1.29, 1.82) is 0 Å². The van der Waals surface area contributed by atoms with Crippen LogP contribution in [0.15, 0.2) is 52.3 Å². The fourth-order valence-electron chi connectivity index (χ4n) is 4.06. The fraction of sp³-hybridized carbons (Fsp3) is 0.318. The average molecular weight is 456 g/mol. The van der Waals surface area contributed by atoms with E-state index in [1.54, 1.807) is 30.0 Å². The summed E-state index contributed by atoms with van der Waals surface area (Å²) >= 11 is 1.55. The number of hydrogen-bond acceptors (Lipinski definition) is 7. The van der Waals surface area contributed by atoms with Crippen molar-refractivity contribution >= 4 is 29.5 Å². The van der Waals surface area contributed by atoms with E-state index in [1.165, 1.54) is 4.90 Å². The normalized spacial score (nSPS) is 20.4. The Balaban J connectivity index is 1.24. The van der Waals surface area contributed by atoms with E-state index in [-0.39, 0.29) is 19.5 Å². The molecule has 1 spiro atoms. The van der Waals surface area contributed by atoms with E-state index in [0.29, 0.717) is 24.5 Å². The second-order valence-electron chi connectivity index (χ2n) is 7.68. The van der Waals surface area contributed by atoms with Gasteiger partial charge in [0.15, 0.2) is 5.79 Å². The third-order valence-corrected chi connectivity index (χ3v) is 6.72. The molecule has 2 aromatic carbocycles. The summed E-state index contributed by atoms with van der Waals surface area (Å²) in [6.07, 6.45) is 0.0589. The van der Waals surface area contributed by atoms with E-state index in [9.17, 15) is 19.5 Å². The Labute approximate surface area is 187 Å². The zero-order chi connectivity index (χ0) is 22.3. The lowest BCUT2D eigenvalue weighted by Crippen LogP contribution is -2.46. The molecule has 2 N–H and O–H groups in total. The van der Waals surface area contributed by atoms with E-state index >= 15 is 0 Å². The standard InChI is InChI=1S/C22H20N2O7S/c25-19(24-12-22(29-7-8-30-22)10-14(24)21(27)28)11-23-20(26)13-5-6-18-16(9-13)31-15-3-1-2-4-17(15)32-18/h1-6,9,14H,7-8,10-12H2,(H,23,26)(H,27,28)/t14-/m0/s1. The van der Waals surface area contributed by atoms with Crippen LogP contribution in [-0.4, -0.2) is 65.9 Å². The number of fused-ring (bicyclic) bond motifs is 2. The van der Waals surface area contributed by atoms with Crippen LogP contribution in [0.5, 0.6) is 11.5 Å². The summed E-state index contributed by atoms with van der Waals surface area (Å²) in [5.74, 6) is -1.90. The molecule has 0 saturated carbocycles. The summed E-state index contributed by atoms with van der Waals surface area (Å²) in [4.78, 5) is 40.1. The van der Waals surface area contributed by atoms with Crippen molar-refractivity contribution in [3.05, 3.63) is 48.0 Å². The zero-order valence-corrected chi connectivity index (χ0v) is 17.7. The van der Waals surface area contributed by atoms with Gasteiger partial charge in [0.2, 0.25) is 5.91 Å². The molecular weight excluding hydrogens is 436 g/mol. The molecule has 9 nitrogen and oxygen atoms in total. The Bertz CT molecular complexity index is 1100. The molecular formula is C22H20N2O7S. The molecule has 2 saturated heterocycles. The van der Waals surface area contributed by atoms with Crippen LogP contribution in [0.4, 0.5) is 0 Å². The van der Waals surface area contributed by atoms with Crippen molar-refractivity contribution in [3.63, 3.8) is 0 Å². The van der Waals surface area contributed by atoms with Gasteiger partial charge >= 0.3 is 5.97 Å². The van der Waals surface area contributed by atoms with Crippen LogP contribution in [0.2, 0.25) is 0 Å². The summed E-state index contributed by atoms with van der Waals surface area (Å²) in [6.45, 7) is 0.388. The number of benzene rings is 2. The summed E-state index contributed by atoms with van der Waals surface area (Å²) in [7, 11) is 0. The molecule has 3 aliphatic heterocycles. The number of rotatable bonds is 4. The SMILES string of the molecule is O=C(NCC(=O)N1CC2(C[C@H]1C(=O)O)OCCO2)c1ccc2c(c1)Oc1ccccc1S2. The van der Waals surface area contributed by atoms with Gasteiger partial charge in [-0.2, -0.15) is 0 Å². The van der Waals surface area contributed by atoms with Gasteiger partial charge in [0.1, 0.15) is 17.5 Å². The number of nitrogens with one attached hydrogen (secondary N) is 1. The maximum Gasteiger partial charge on any atom is 0.326 e. The van der Waals surface area contributed by atoms with Crippen molar-refractivity contribution in [2.75, 3.05) is 26.3 Å². The van der Waals surface area contributed by atoms with Crippen molar-refractivity contribution in [2.45, 2.75) is 28.0 Å². The second kappa shape index (κ2) is 8.12. The Hall–Kier alpha value is -3.08. The molecule has 166 valence electrons. The van der Waals surface area contributed by atoms with E-state index < -0.39 is 29.6 Å². The number of para-hydroxylation sites is 1. The third-order valence-electron chi connectivity index (χ3n) is 5.61. The fourth-order valence-corrected chi connectivity index (χ4v) is 4.99. The molecule has 0 aromatic heterocycles. The molecule has 5 rings (SSSR count). The maximum atomic E-state index is 12.7. The molecule has 0 radical (unpaired) electrons. The van der Waals surface area contributed by atoms with Crippen LogP contribution in [0.1, 0.15) is 16.8 Å². The van der Waals surface area contributed by atoms with Crippen LogP contribution in [0.25, 0.3) is 0 Å². The smallest absolute Gasteiger partial charge is 0.326 e. The number of amides is 2. The largest absolute Gasteiger partial charge is 0.480 e. The maximum absolute atomic E-state index is 12.7. The summed E-state index contributed by atoms with van der Waals surface area (Å²) in [5, 5.41) is 12.1. The highest BCUT2D eigenvalue weighted by molar-refractivity contribution is 7.99. The van der Waals surface area contributed by atoms with Crippen LogP contribution >= 0.6 is 11.8 Å². The van der Waals surface area contributed by atoms with Gasteiger partial charge in [-0.1, -0.05) is 23.9 Å². The van der Waals surface area contributed by atoms with Gasteiger partial charge in [0.25, 0.3) is 5.91 Å². The lowest BCUT2D eigenvalue weighted by molar-refractivity contribution is -0.152. The minimum absolute atomic E-state index is 0.0159. The minimum atomic E-state index is -1.13. The van der Waals surface area contributed by atoms with Gasteiger partial charge in [0.05, 0.1) is 36.1 Å². The van der Waals surface area contributed by atoms with Crippen molar-refractivity contribution in [2.24, 2.45) is 0 Å². The first-order valence-electron chi connectivity index (χ1n) is 10.1. The topological polar surface area (TPSA) is 114 Å². The highest BCUT2D eigenvalue weighted by Gasteiger charge is 2.52. The highest BCUT2D eigenvalue weighted by Crippen LogP contribution is 2.46. The van der Waals surface area contributed by atoms with E-state index in [4.69, 9.17) is 14.2 Å². The number of carbonyl (C=O) groups excluding carboxylic acids is 2. The molecule has 0 unspecified atom stereocenters. The molecule has 2 amide bonds. The highest BCUT2D eigenvalue weighted by atomic mass is 32.2. The molecule has 2 aromatic rings. The number of ether oxygens (including phenoxy) is 3. The number of nitrogens with zero attached hydrogens (tertiary/aromatic N) is 1. The van der Waals surface area contributed by atoms with Crippen molar-refractivity contribution < 1.29 is 33.7 Å². The molecule has 2 fully saturated rings. The first-order chi connectivity index (χ1) is 15.4. The number of hydrogen-bond donors (Lipinski definition) is 2. The van der Waals surface area contributed by atoms with E-state index in [1.807, 2.05) is 24.3 Å². The van der Waals surface area contributed by atoms with Gasteiger partial charge in [0, 0.05) is 12.0 Å². The number of carbonyl (C=O) groups is 3. The average Bonchev–Trinajstić information content (AvgIpc) is 3.42. The molecule has 3 heterocycles. The molecule has 10 heteroatoms. The summed E-state index contributed by atoms with van der Waals surface area (Å²) < 4.78 is 17.0. The molecule has 0 aliphatic carbocycles. The van der Waals surface area contributed by atoms with Gasteiger partial charge in [-0.3, -0.25) is 9.59 Å². The number of aliphatic carboxylic acids is 1. The van der Waals surface area contributed by atoms with Crippen LogP contribution in [-0.2, 0) is 19.1 Å². The van der Waals surface area contributed by atoms with Crippen molar-refractivity contribution in [1.82, 2.24) is 10.2 Å². The quantitative estimate of drug-likeness (QED) is 0.614. The Morgan fingerprint density at radius 2 is 1.84 bits per heavy atom. The van der Waals surface area contributed by atoms with E-state index in [2.05, 4.69) is 5.32 Å². The van der Waals surface area contributed by atoms with Gasteiger partial charge in [-0.25, -0.2) is 4.79 Å². The summed E-state index contributed by atoms with van der Waals surface area (Å²) in [5.41, 5.74) is 0.340. The molecule has 32 heavy (non-hydrogen) atoms. The predicted molar refractivity (Wildman–Crippen MR) is 112 cm³/mol. The van der Waals surface area contributed by atoms with Gasteiger partial charge in [-0.05, 0) is 30.3 Å². The predicted octanol–water partition coefficient (Wildman–Crippen LogP) is 2.10. The number of carboxylic acids is 1. The van der Waals surface area contributed by atoms with Crippen molar-refractivity contribution in [3.8, 4) is 11.5 Å². The Morgan fingerprint density at radius 1 is 1.09 bits per heavy atom. The second-order valence-corrected chi connectivity index (χ2v) is 8.77. The lowest BCUT2D eigenvalue weighted by atomic mass is 10.1.